The topological polar surface area (TPSA) is 0 Å². The van der Waals surface area contributed by atoms with E-state index in [-0.39, 0.29) is 0 Å². The maximum atomic E-state index is 2.22. The van der Waals surface area contributed by atoms with Gasteiger partial charge in [0.15, 0.2) is 0 Å². The van der Waals surface area contributed by atoms with Crippen molar-refractivity contribution in [2.75, 3.05) is 0 Å². The standard InChI is InChI=1S/C19H32.C5H12.3C2H6/c1-2-8-14(7-1)13-19-17-11-5-3-9-15(17)16-10-4-6-12-18(16)19;1-4-5(2)3;3*1-2/h14-19H,1-13H2;5H,4H2,1-3H3;3*1-2H3. The third-order valence-electron chi connectivity index (χ3n) is 8.30. The highest BCUT2D eigenvalue weighted by Gasteiger charge is 2.50. The number of fused-ring (bicyclic) bond motifs is 3. The van der Waals surface area contributed by atoms with E-state index in [9.17, 15) is 0 Å². The van der Waals surface area contributed by atoms with Crippen LogP contribution in [0.2, 0.25) is 0 Å². The molecule has 30 heavy (non-hydrogen) atoms. The van der Waals surface area contributed by atoms with Crippen molar-refractivity contribution < 1.29 is 0 Å². The third-order valence-corrected chi connectivity index (χ3v) is 8.30. The Morgan fingerprint density at radius 3 is 1.17 bits per heavy atom. The summed E-state index contributed by atoms with van der Waals surface area (Å²) in [6.45, 7) is 18.6. The summed E-state index contributed by atoms with van der Waals surface area (Å²) < 4.78 is 0. The third kappa shape index (κ3) is 9.24. The fourth-order valence-corrected chi connectivity index (χ4v) is 6.80. The lowest BCUT2D eigenvalue weighted by atomic mass is 9.73. The second kappa shape index (κ2) is 18.6. The van der Waals surface area contributed by atoms with Crippen LogP contribution in [0.25, 0.3) is 0 Å². The Bertz CT molecular complexity index is 329. The van der Waals surface area contributed by atoms with Gasteiger partial charge in [0.05, 0.1) is 0 Å². The molecule has 4 atom stereocenters. The molecule has 0 aromatic carbocycles. The lowest BCUT2D eigenvalue weighted by molar-refractivity contribution is 0.184. The molecule has 182 valence electrons. The van der Waals surface area contributed by atoms with E-state index < -0.39 is 0 Å². The molecule has 0 aromatic rings. The summed E-state index contributed by atoms with van der Waals surface area (Å²) in [7, 11) is 0. The van der Waals surface area contributed by atoms with Crippen LogP contribution >= 0.6 is 0 Å². The SMILES string of the molecule is C1CCC(CC2C3CCCCC3C3CCCCC32)C1.CC.CC.CC.CCC(C)C. The van der Waals surface area contributed by atoms with Gasteiger partial charge in [-0.2, -0.15) is 0 Å². The average molecular weight is 423 g/mol. The maximum Gasteiger partial charge on any atom is -0.0349 e. The highest BCUT2D eigenvalue weighted by molar-refractivity contribution is 5.00. The Hall–Kier alpha value is 0. The highest BCUT2D eigenvalue weighted by atomic mass is 14.6. The van der Waals surface area contributed by atoms with E-state index in [0.717, 1.165) is 11.8 Å². The summed E-state index contributed by atoms with van der Waals surface area (Å²) in [4.78, 5) is 0. The molecule has 4 aliphatic carbocycles. The number of rotatable bonds is 3. The quantitative estimate of drug-likeness (QED) is 0.424. The van der Waals surface area contributed by atoms with Gasteiger partial charge in [-0.05, 0) is 73.5 Å². The molecule has 4 aliphatic rings. The van der Waals surface area contributed by atoms with E-state index in [4.69, 9.17) is 0 Å². The van der Waals surface area contributed by atoms with E-state index in [1.165, 1.54) is 36.0 Å². The Balaban J connectivity index is 0.000000657. The van der Waals surface area contributed by atoms with Gasteiger partial charge in [0.25, 0.3) is 0 Å². The van der Waals surface area contributed by atoms with Gasteiger partial charge in [-0.3, -0.25) is 0 Å². The van der Waals surface area contributed by atoms with Crippen molar-refractivity contribution in [3.8, 4) is 0 Å². The van der Waals surface area contributed by atoms with Gasteiger partial charge in [-0.25, -0.2) is 0 Å². The van der Waals surface area contributed by atoms with E-state index in [1.807, 2.05) is 41.5 Å². The first-order valence-electron chi connectivity index (χ1n) is 14.7. The zero-order valence-corrected chi connectivity index (χ0v) is 22.9. The zero-order valence-electron chi connectivity index (χ0n) is 22.9. The van der Waals surface area contributed by atoms with Crippen molar-refractivity contribution in [3.63, 3.8) is 0 Å². The van der Waals surface area contributed by atoms with Crippen molar-refractivity contribution in [3.05, 3.63) is 0 Å². The van der Waals surface area contributed by atoms with E-state index in [1.54, 1.807) is 83.5 Å². The summed E-state index contributed by atoms with van der Waals surface area (Å²) in [6.07, 6.45) is 21.8. The molecule has 0 nitrogen and oxygen atoms in total. The maximum absolute atomic E-state index is 2.22. The average Bonchev–Trinajstić information content (AvgIpc) is 3.46. The zero-order chi connectivity index (χ0) is 22.9. The van der Waals surface area contributed by atoms with Crippen molar-refractivity contribution in [2.45, 2.75) is 152 Å². The minimum atomic E-state index is 0.884. The van der Waals surface area contributed by atoms with Gasteiger partial charge in [-0.15, -0.1) is 0 Å². The molecular weight excluding hydrogens is 360 g/mol. The van der Waals surface area contributed by atoms with Crippen molar-refractivity contribution in [1.82, 2.24) is 0 Å². The van der Waals surface area contributed by atoms with Crippen molar-refractivity contribution in [1.29, 1.82) is 0 Å². The Labute approximate surface area is 193 Å². The summed E-state index contributed by atoms with van der Waals surface area (Å²) >= 11 is 0. The molecule has 0 aromatic heterocycles. The molecule has 4 fully saturated rings. The van der Waals surface area contributed by atoms with Crippen LogP contribution in [0.15, 0.2) is 0 Å². The molecule has 0 heterocycles. The fourth-order valence-electron chi connectivity index (χ4n) is 6.80. The van der Waals surface area contributed by atoms with Crippen LogP contribution in [0.4, 0.5) is 0 Å². The predicted octanol–water partition coefficient (Wildman–Crippen LogP) is 10.9. The van der Waals surface area contributed by atoms with Crippen LogP contribution in [0.5, 0.6) is 0 Å². The van der Waals surface area contributed by atoms with Gasteiger partial charge in [0, 0.05) is 0 Å². The van der Waals surface area contributed by atoms with Gasteiger partial charge < -0.3 is 0 Å². The molecule has 0 amide bonds. The Kier molecular flexibility index (Phi) is 18.6. The van der Waals surface area contributed by atoms with Gasteiger partial charge in [0.2, 0.25) is 0 Å². The van der Waals surface area contributed by atoms with E-state index >= 15 is 0 Å². The Morgan fingerprint density at radius 1 is 0.533 bits per heavy atom. The van der Waals surface area contributed by atoms with Crippen LogP contribution in [-0.4, -0.2) is 0 Å². The summed E-state index contributed by atoms with van der Waals surface area (Å²) in [5.41, 5.74) is 0. The predicted molar refractivity (Wildman–Crippen MR) is 140 cm³/mol. The summed E-state index contributed by atoms with van der Waals surface area (Å²) in [6, 6.07) is 0. The number of hydrogen-bond acceptors (Lipinski definition) is 0. The Morgan fingerprint density at radius 2 is 0.833 bits per heavy atom. The second-order valence-corrected chi connectivity index (χ2v) is 10.1. The minimum Gasteiger partial charge on any atom is -0.0683 e. The van der Waals surface area contributed by atoms with Crippen molar-refractivity contribution in [2.24, 2.45) is 41.4 Å². The van der Waals surface area contributed by atoms with Gasteiger partial charge in [-0.1, -0.05) is 120 Å². The van der Waals surface area contributed by atoms with E-state index in [2.05, 4.69) is 20.8 Å². The molecular formula is C30H62. The molecule has 0 spiro atoms. The molecule has 4 saturated carbocycles. The van der Waals surface area contributed by atoms with Crippen molar-refractivity contribution >= 4 is 0 Å². The monoisotopic (exact) mass is 422 g/mol. The van der Waals surface area contributed by atoms with E-state index in [0.29, 0.717) is 0 Å². The van der Waals surface area contributed by atoms with Gasteiger partial charge >= 0.3 is 0 Å². The molecule has 0 N–H and O–H groups in total. The molecule has 0 bridgehead atoms. The fraction of sp³-hybridized carbons (Fsp3) is 1.00. The molecule has 0 aliphatic heterocycles. The first-order chi connectivity index (χ1) is 14.7. The molecule has 4 unspecified atom stereocenters. The lowest BCUT2D eigenvalue weighted by Gasteiger charge is -2.32. The first-order valence-corrected chi connectivity index (χ1v) is 14.7. The van der Waals surface area contributed by atoms with Crippen LogP contribution < -0.4 is 0 Å². The normalized spacial score (nSPS) is 32.0. The largest absolute Gasteiger partial charge is 0.0683 e. The smallest absolute Gasteiger partial charge is 0.0349 e. The first kappa shape index (κ1) is 30.0. The molecule has 0 heteroatoms. The second-order valence-electron chi connectivity index (χ2n) is 10.1. The molecule has 4 rings (SSSR count). The molecule has 0 saturated heterocycles. The van der Waals surface area contributed by atoms with Crippen LogP contribution in [0, 0.1) is 41.4 Å². The van der Waals surface area contributed by atoms with Crippen LogP contribution in [0.1, 0.15) is 152 Å². The van der Waals surface area contributed by atoms with Crippen LogP contribution in [-0.2, 0) is 0 Å². The number of hydrogen-bond donors (Lipinski definition) is 0. The lowest BCUT2D eigenvalue weighted by Crippen LogP contribution is -2.22. The minimum absolute atomic E-state index is 0.884. The van der Waals surface area contributed by atoms with Gasteiger partial charge in [0.1, 0.15) is 0 Å². The van der Waals surface area contributed by atoms with Crippen LogP contribution in [0.3, 0.4) is 0 Å². The molecule has 0 radical (unpaired) electrons. The summed E-state index contributed by atoms with van der Waals surface area (Å²) in [5, 5.41) is 0. The summed E-state index contributed by atoms with van der Waals surface area (Å²) in [5.74, 6) is 7.86. The highest BCUT2D eigenvalue weighted by Crippen LogP contribution is 2.59.